The van der Waals surface area contributed by atoms with Crippen molar-refractivity contribution in [2.75, 3.05) is 7.11 Å². The topological polar surface area (TPSA) is 60.3 Å². The standard InChI is InChI=1S/C13H20N2O3/c1-9-7-11(10(2)15(9)3)8-14-12(16)5-6-13(17)18-4/h7H,5-6,8H2,1-4H3,(H,14,16). The van der Waals surface area contributed by atoms with Gasteiger partial charge in [-0.05, 0) is 25.5 Å². The molecule has 0 aliphatic carbocycles. The molecule has 0 aliphatic rings. The smallest absolute Gasteiger partial charge is 0.306 e. The molecule has 5 heteroatoms. The molecule has 1 amide bonds. The van der Waals surface area contributed by atoms with Gasteiger partial charge in [0.15, 0.2) is 0 Å². The van der Waals surface area contributed by atoms with Crippen LogP contribution < -0.4 is 5.32 Å². The van der Waals surface area contributed by atoms with Crippen molar-refractivity contribution in [2.24, 2.45) is 7.05 Å². The van der Waals surface area contributed by atoms with Crippen LogP contribution in [0.15, 0.2) is 6.07 Å². The molecule has 0 aliphatic heterocycles. The maximum absolute atomic E-state index is 11.5. The summed E-state index contributed by atoms with van der Waals surface area (Å²) in [5.41, 5.74) is 3.40. The number of methoxy groups -OCH3 is 1. The van der Waals surface area contributed by atoms with E-state index in [0.29, 0.717) is 6.54 Å². The van der Waals surface area contributed by atoms with Gasteiger partial charge in [0, 0.05) is 31.4 Å². The van der Waals surface area contributed by atoms with Crippen LogP contribution in [0.25, 0.3) is 0 Å². The average molecular weight is 252 g/mol. The molecule has 0 unspecified atom stereocenters. The minimum absolute atomic E-state index is 0.120. The maximum Gasteiger partial charge on any atom is 0.306 e. The maximum atomic E-state index is 11.5. The molecule has 1 heterocycles. The Morgan fingerprint density at radius 1 is 1.33 bits per heavy atom. The van der Waals surface area contributed by atoms with Crippen molar-refractivity contribution >= 4 is 11.9 Å². The van der Waals surface area contributed by atoms with E-state index in [2.05, 4.69) is 20.7 Å². The minimum Gasteiger partial charge on any atom is -0.469 e. The Morgan fingerprint density at radius 3 is 2.50 bits per heavy atom. The van der Waals surface area contributed by atoms with Crippen LogP contribution in [0.3, 0.4) is 0 Å². The fourth-order valence-electron chi connectivity index (χ4n) is 1.71. The molecule has 0 fully saturated rings. The van der Waals surface area contributed by atoms with Crippen molar-refractivity contribution in [1.82, 2.24) is 9.88 Å². The quantitative estimate of drug-likeness (QED) is 0.801. The monoisotopic (exact) mass is 252 g/mol. The molecule has 5 nitrogen and oxygen atoms in total. The second kappa shape index (κ2) is 6.23. The second-order valence-corrected chi connectivity index (χ2v) is 4.31. The molecule has 1 rings (SSSR count). The highest BCUT2D eigenvalue weighted by molar-refractivity contribution is 5.81. The van der Waals surface area contributed by atoms with Crippen LogP contribution in [0.2, 0.25) is 0 Å². The minimum atomic E-state index is -0.364. The summed E-state index contributed by atoms with van der Waals surface area (Å²) >= 11 is 0. The summed E-state index contributed by atoms with van der Waals surface area (Å²) in [5.74, 6) is -0.502. The van der Waals surface area contributed by atoms with Crippen LogP contribution in [-0.2, 0) is 27.9 Å². The Kier molecular flexibility index (Phi) is 4.95. The lowest BCUT2D eigenvalue weighted by molar-refractivity contribution is -0.142. The molecule has 0 spiro atoms. The van der Waals surface area contributed by atoms with Gasteiger partial charge in [0.05, 0.1) is 13.5 Å². The summed E-state index contributed by atoms with van der Waals surface area (Å²) in [6.45, 7) is 4.53. The number of rotatable bonds is 5. The summed E-state index contributed by atoms with van der Waals surface area (Å²) in [4.78, 5) is 22.4. The van der Waals surface area contributed by atoms with Crippen molar-refractivity contribution < 1.29 is 14.3 Å². The van der Waals surface area contributed by atoms with Gasteiger partial charge in [0.25, 0.3) is 0 Å². The number of amides is 1. The second-order valence-electron chi connectivity index (χ2n) is 4.31. The van der Waals surface area contributed by atoms with Gasteiger partial charge in [-0.15, -0.1) is 0 Å². The molecule has 0 aromatic carbocycles. The van der Waals surface area contributed by atoms with Crippen LogP contribution in [0, 0.1) is 13.8 Å². The molecule has 0 saturated carbocycles. The van der Waals surface area contributed by atoms with Crippen LogP contribution in [0.1, 0.15) is 29.8 Å². The predicted molar refractivity (Wildman–Crippen MR) is 68.0 cm³/mol. The number of hydrogen-bond acceptors (Lipinski definition) is 3. The van der Waals surface area contributed by atoms with Gasteiger partial charge in [-0.1, -0.05) is 0 Å². The molecular formula is C13H20N2O3. The van der Waals surface area contributed by atoms with Crippen LogP contribution in [0.5, 0.6) is 0 Å². The number of carbonyl (C=O) groups excluding carboxylic acids is 2. The van der Waals surface area contributed by atoms with Crippen molar-refractivity contribution in [3.05, 3.63) is 23.0 Å². The lowest BCUT2D eigenvalue weighted by Crippen LogP contribution is -2.23. The SMILES string of the molecule is COC(=O)CCC(=O)NCc1cc(C)n(C)c1C. The molecule has 1 aromatic heterocycles. The van der Waals surface area contributed by atoms with Crippen molar-refractivity contribution in [2.45, 2.75) is 33.2 Å². The average Bonchev–Trinajstić information content (AvgIpc) is 2.60. The number of nitrogens with zero attached hydrogens (tertiary/aromatic N) is 1. The van der Waals surface area contributed by atoms with E-state index in [-0.39, 0.29) is 24.7 Å². The summed E-state index contributed by atoms with van der Waals surface area (Å²) in [6.07, 6.45) is 0.284. The Labute approximate surface area is 107 Å². The van der Waals surface area contributed by atoms with Crippen LogP contribution >= 0.6 is 0 Å². The third-order valence-electron chi connectivity index (χ3n) is 3.14. The van der Waals surface area contributed by atoms with Gasteiger partial charge in [-0.25, -0.2) is 0 Å². The first-order valence-electron chi connectivity index (χ1n) is 5.91. The van der Waals surface area contributed by atoms with Crippen molar-refractivity contribution in [3.8, 4) is 0 Å². The van der Waals surface area contributed by atoms with E-state index < -0.39 is 0 Å². The van der Waals surface area contributed by atoms with Gasteiger partial charge in [0.2, 0.25) is 5.91 Å². The Hall–Kier alpha value is -1.78. The number of aromatic nitrogens is 1. The third-order valence-corrected chi connectivity index (χ3v) is 3.14. The molecule has 18 heavy (non-hydrogen) atoms. The lowest BCUT2D eigenvalue weighted by atomic mass is 10.2. The molecular weight excluding hydrogens is 232 g/mol. The van der Waals surface area contributed by atoms with Gasteiger partial charge < -0.3 is 14.6 Å². The summed E-state index contributed by atoms with van der Waals surface area (Å²) in [7, 11) is 3.31. The fourth-order valence-corrected chi connectivity index (χ4v) is 1.71. The zero-order valence-electron chi connectivity index (χ0n) is 11.4. The largest absolute Gasteiger partial charge is 0.469 e. The van der Waals surface area contributed by atoms with Gasteiger partial charge >= 0.3 is 5.97 Å². The fraction of sp³-hybridized carbons (Fsp3) is 0.538. The summed E-state index contributed by atoms with van der Waals surface area (Å²) in [5, 5.41) is 2.80. The third kappa shape index (κ3) is 3.61. The van der Waals surface area contributed by atoms with Crippen LogP contribution in [-0.4, -0.2) is 23.6 Å². The number of aryl methyl sites for hydroxylation is 1. The predicted octanol–water partition coefficient (Wildman–Crippen LogP) is 1.21. The van der Waals surface area contributed by atoms with Gasteiger partial charge in [-0.2, -0.15) is 0 Å². The number of esters is 1. The van der Waals surface area contributed by atoms with E-state index in [1.54, 1.807) is 0 Å². The van der Waals surface area contributed by atoms with Crippen LogP contribution in [0.4, 0.5) is 0 Å². The lowest BCUT2D eigenvalue weighted by Gasteiger charge is -2.05. The van der Waals surface area contributed by atoms with E-state index in [1.165, 1.54) is 7.11 Å². The molecule has 1 aromatic rings. The first-order valence-corrected chi connectivity index (χ1v) is 5.91. The van der Waals surface area contributed by atoms with Crippen molar-refractivity contribution in [3.63, 3.8) is 0 Å². The summed E-state index contributed by atoms with van der Waals surface area (Å²) < 4.78 is 6.56. The number of nitrogens with one attached hydrogen (secondary N) is 1. The van der Waals surface area contributed by atoms with E-state index >= 15 is 0 Å². The zero-order valence-corrected chi connectivity index (χ0v) is 11.4. The Balaban J connectivity index is 2.43. The number of ether oxygens (including phenoxy) is 1. The molecule has 1 N–H and O–H groups in total. The molecule has 100 valence electrons. The Morgan fingerprint density at radius 2 is 2.00 bits per heavy atom. The zero-order chi connectivity index (χ0) is 13.7. The highest BCUT2D eigenvalue weighted by Gasteiger charge is 2.09. The molecule has 0 atom stereocenters. The summed E-state index contributed by atoms with van der Waals surface area (Å²) in [6, 6.07) is 2.05. The highest BCUT2D eigenvalue weighted by atomic mass is 16.5. The highest BCUT2D eigenvalue weighted by Crippen LogP contribution is 2.12. The first kappa shape index (κ1) is 14.3. The number of hydrogen-bond donors (Lipinski definition) is 1. The number of carbonyl (C=O) groups is 2. The molecule has 0 radical (unpaired) electrons. The van der Waals surface area contributed by atoms with E-state index in [0.717, 1.165) is 17.0 Å². The first-order chi connectivity index (χ1) is 8.45. The molecule has 0 bridgehead atoms. The van der Waals surface area contributed by atoms with Gasteiger partial charge in [-0.3, -0.25) is 9.59 Å². The normalized spacial score (nSPS) is 10.2. The van der Waals surface area contributed by atoms with E-state index in [4.69, 9.17) is 0 Å². The van der Waals surface area contributed by atoms with E-state index in [9.17, 15) is 9.59 Å². The Bertz CT molecular complexity index is 449. The van der Waals surface area contributed by atoms with E-state index in [1.807, 2.05) is 20.9 Å². The van der Waals surface area contributed by atoms with Crippen molar-refractivity contribution in [1.29, 1.82) is 0 Å². The van der Waals surface area contributed by atoms with Gasteiger partial charge in [0.1, 0.15) is 0 Å². The molecule has 0 saturated heterocycles.